The molecule has 0 radical (unpaired) electrons. The number of aliphatic hydroxyl groups excluding tert-OH is 1. The molecule has 0 spiro atoms. The molecule has 0 unspecified atom stereocenters. The van der Waals surface area contributed by atoms with Crippen LogP contribution in [0.1, 0.15) is 19.4 Å². The largest absolute Gasteiger partial charge is 0.394 e. The minimum absolute atomic E-state index is 0.154. The van der Waals surface area contributed by atoms with Crippen LogP contribution in [0.4, 0.5) is 10.5 Å². The number of amides is 2. The first-order chi connectivity index (χ1) is 7.96. The average Bonchev–Trinajstić information content (AvgIpc) is 2.28. The van der Waals surface area contributed by atoms with Crippen LogP contribution in [0, 0.1) is 11.3 Å². The fraction of sp³-hybridized carbons (Fsp3) is 0.333. The summed E-state index contributed by atoms with van der Waals surface area (Å²) in [6, 6.07) is 8.17. The molecule has 1 aromatic rings. The van der Waals surface area contributed by atoms with Crippen LogP contribution in [0.2, 0.25) is 0 Å². The summed E-state index contributed by atoms with van der Waals surface area (Å²) in [6.07, 6.45) is 0. The molecule has 90 valence electrons. The molecule has 0 saturated heterocycles. The molecule has 0 heterocycles. The fourth-order valence-electron chi connectivity index (χ4n) is 1.18. The van der Waals surface area contributed by atoms with Gasteiger partial charge in [0, 0.05) is 5.69 Å². The molecule has 0 aliphatic rings. The van der Waals surface area contributed by atoms with Crippen molar-refractivity contribution in [3.05, 3.63) is 29.8 Å². The van der Waals surface area contributed by atoms with Gasteiger partial charge >= 0.3 is 6.03 Å². The van der Waals surface area contributed by atoms with Crippen molar-refractivity contribution in [2.45, 2.75) is 19.4 Å². The molecule has 5 heteroatoms. The molecule has 0 saturated carbocycles. The Morgan fingerprint density at radius 2 is 2.24 bits per heavy atom. The number of nitrogens with zero attached hydrogens (tertiary/aromatic N) is 1. The SMILES string of the molecule is CC(C)(CO)NC(=O)Nc1cccc(C#N)c1. The minimum atomic E-state index is -0.684. The average molecular weight is 233 g/mol. The summed E-state index contributed by atoms with van der Waals surface area (Å²) in [7, 11) is 0. The lowest BCUT2D eigenvalue weighted by Crippen LogP contribution is -2.48. The Balaban J connectivity index is 2.66. The summed E-state index contributed by atoms with van der Waals surface area (Å²) >= 11 is 0. The van der Waals surface area contributed by atoms with Crippen LogP contribution in [-0.4, -0.2) is 23.3 Å². The second kappa shape index (κ2) is 5.32. The molecular formula is C12H15N3O2. The molecule has 2 amide bonds. The van der Waals surface area contributed by atoms with Crippen molar-refractivity contribution in [1.29, 1.82) is 5.26 Å². The zero-order valence-corrected chi connectivity index (χ0v) is 9.82. The van der Waals surface area contributed by atoms with Gasteiger partial charge in [0.25, 0.3) is 0 Å². The maximum Gasteiger partial charge on any atom is 0.319 e. The molecule has 0 fully saturated rings. The first-order valence-electron chi connectivity index (χ1n) is 5.17. The van der Waals surface area contributed by atoms with Gasteiger partial charge < -0.3 is 15.7 Å². The molecule has 0 aromatic heterocycles. The number of nitrogens with one attached hydrogen (secondary N) is 2. The zero-order chi connectivity index (χ0) is 12.9. The van der Waals surface area contributed by atoms with Gasteiger partial charge in [-0.15, -0.1) is 0 Å². The number of hydrogen-bond acceptors (Lipinski definition) is 3. The van der Waals surface area contributed by atoms with E-state index in [4.69, 9.17) is 10.4 Å². The number of urea groups is 1. The van der Waals surface area contributed by atoms with E-state index >= 15 is 0 Å². The normalized spacial score (nSPS) is 10.5. The third-order valence-electron chi connectivity index (χ3n) is 2.10. The van der Waals surface area contributed by atoms with Crippen molar-refractivity contribution in [2.75, 3.05) is 11.9 Å². The monoisotopic (exact) mass is 233 g/mol. The smallest absolute Gasteiger partial charge is 0.319 e. The second-order valence-corrected chi connectivity index (χ2v) is 4.31. The van der Waals surface area contributed by atoms with E-state index in [2.05, 4.69) is 10.6 Å². The highest BCUT2D eigenvalue weighted by Gasteiger charge is 2.18. The van der Waals surface area contributed by atoms with E-state index in [-0.39, 0.29) is 6.61 Å². The van der Waals surface area contributed by atoms with Gasteiger partial charge in [0.05, 0.1) is 23.8 Å². The third kappa shape index (κ3) is 4.13. The van der Waals surface area contributed by atoms with Gasteiger partial charge in [-0.05, 0) is 32.0 Å². The minimum Gasteiger partial charge on any atom is -0.394 e. The molecule has 1 aromatic carbocycles. The summed E-state index contributed by atoms with van der Waals surface area (Å²) in [6.45, 7) is 3.26. The summed E-state index contributed by atoms with van der Waals surface area (Å²) in [4.78, 5) is 11.6. The van der Waals surface area contributed by atoms with E-state index < -0.39 is 11.6 Å². The number of anilines is 1. The van der Waals surface area contributed by atoms with Crippen molar-refractivity contribution in [2.24, 2.45) is 0 Å². The van der Waals surface area contributed by atoms with Crippen LogP contribution in [0.15, 0.2) is 24.3 Å². The van der Waals surface area contributed by atoms with Crippen LogP contribution in [0.25, 0.3) is 0 Å². The summed E-state index contributed by atoms with van der Waals surface area (Å²) in [5.41, 5.74) is 0.330. The van der Waals surface area contributed by atoms with E-state index in [0.29, 0.717) is 11.3 Å². The number of nitriles is 1. The highest BCUT2D eigenvalue weighted by molar-refractivity contribution is 5.89. The van der Waals surface area contributed by atoms with E-state index in [9.17, 15) is 4.79 Å². The number of carbonyl (C=O) groups excluding carboxylic acids is 1. The Kier molecular flexibility index (Phi) is 4.07. The number of hydrogen-bond donors (Lipinski definition) is 3. The molecule has 0 aliphatic heterocycles. The number of carbonyl (C=O) groups is 1. The highest BCUT2D eigenvalue weighted by Crippen LogP contribution is 2.10. The van der Waals surface area contributed by atoms with E-state index in [0.717, 1.165) is 0 Å². The Hall–Kier alpha value is -2.06. The molecule has 5 nitrogen and oxygen atoms in total. The van der Waals surface area contributed by atoms with E-state index in [1.54, 1.807) is 38.1 Å². The predicted octanol–water partition coefficient (Wildman–Crippen LogP) is 1.45. The van der Waals surface area contributed by atoms with Crippen molar-refractivity contribution in [3.8, 4) is 6.07 Å². The lowest BCUT2D eigenvalue weighted by atomic mass is 10.1. The van der Waals surface area contributed by atoms with Crippen molar-refractivity contribution in [3.63, 3.8) is 0 Å². The quantitative estimate of drug-likeness (QED) is 0.738. The summed E-state index contributed by atoms with van der Waals surface area (Å²) in [5.74, 6) is 0. The lowest BCUT2D eigenvalue weighted by Gasteiger charge is -2.23. The molecule has 0 aliphatic carbocycles. The zero-order valence-electron chi connectivity index (χ0n) is 9.82. The van der Waals surface area contributed by atoms with Crippen LogP contribution >= 0.6 is 0 Å². The highest BCUT2D eigenvalue weighted by atomic mass is 16.3. The van der Waals surface area contributed by atoms with Gasteiger partial charge in [0.1, 0.15) is 0 Å². The molecular weight excluding hydrogens is 218 g/mol. The maximum atomic E-state index is 11.6. The Morgan fingerprint density at radius 1 is 1.53 bits per heavy atom. The molecule has 1 rings (SSSR count). The van der Waals surface area contributed by atoms with Gasteiger partial charge in [-0.1, -0.05) is 6.07 Å². The van der Waals surface area contributed by atoms with Gasteiger partial charge in [-0.2, -0.15) is 5.26 Å². The molecule has 0 atom stereocenters. The van der Waals surface area contributed by atoms with Gasteiger partial charge in [0.2, 0.25) is 0 Å². The second-order valence-electron chi connectivity index (χ2n) is 4.31. The van der Waals surface area contributed by atoms with Crippen LogP contribution < -0.4 is 10.6 Å². The maximum absolute atomic E-state index is 11.6. The molecule has 3 N–H and O–H groups in total. The van der Waals surface area contributed by atoms with Crippen molar-refractivity contribution >= 4 is 11.7 Å². The molecule has 17 heavy (non-hydrogen) atoms. The third-order valence-corrected chi connectivity index (χ3v) is 2.10. The Bertz CT molecular complexity index is 449. The van der Waals surface area contributed by atoms with Gasteiger partial charge in [0.15, 0.2) is 0 Å². The van der Waals surface area contributed by atoms with E-state index in [1.807, 2.05) is 6.07 Å². The number of aliphatic hydroxyl groups is 1. The first-order valence-corrected chi connectivity index (χ1v) is 5.17. The number of benzene rings is 1. The Morgan fingerprint density at radius 3 is 2.82 bits per heavy atom. The molecule has 0 bridgehead atoms. The predicted molar refractivity (Wildman–Crippen MR) is 64.5 cm³/mol. The van der Waals surface area contributed by atoms with Crippen LogP contribution in [0.5, 0.6) is 0 Å². The van der Waals surface area contributed by atoms with Gasteiger partial charge in [-0.3, -0.25) is 0 Å². The lowest BCUT2D eigenvalue weighted by molar-refractivity contribution is 0.187. The van der Waals surface area contributed by atoms with Crippen LogP contribution in [0.3, 0.4) is 0 Å². The fourth-order valence-corrected chi connectivity index (χ4v) is 1.18. The Labute approximate surface area is 100 Å². The first kappa shape index (κ1) is 13.0. The van der Waals surface area contributed by atoms with Crippen LogP contribution in [-0.2, 0) is 0 Å². The van der Waals surface area contributed by atoms with E-state index in [1.165, 1.54) is 0 Å². The standard InChI is InChI=1S/C12H15N3O2/c1-12(2,8-16)15-11(17)14-10-5-3-4-9(6-10)7-13/h3-6,16H,8H2,1-2H3,(H2,14,15,17). The van der Waals surface area contributed by atoms with Gasteiger partial charge in [-0.25, -0.2) is 4.79 Å². The summed E-state index contributed by atoms with van der Waals surface area (Å²) < 4.78 is 0. The van der Waals surface area contributed by atoms with Crippen molar-refractivity contribution in [1.82, 2.24) is 5.32 Å². The number of rotatable bonds is 3. The van der Waals surface area contributed by atoms with Crippen molar-refractivity contribution < 1.29 is 9.90 Å². The summed E-state index contributed by atoms with van der Waals surface area (Å²) in [5, 5.41) is 22.9. The topological polar surface area (TPSA) is 85.2 Å².